The number of carboxylic acid groups (broad SMARTS) is 1. The summed E-state index contributed by atoms with van der Waals surface area (Å²) in [6.45, 7) is 1.63. The first-order chi connectivity index (χ1) is 10.0. The van der Waals surface area contributed by atoms with E-state index in [4.69, 9.17) is 5.11 Å². The van der Waals surface area contributed by atoms with Gasteiger partial charge in [-0.1, -0.05) is 0 Å². The number of fused-ring (bicyclic) bond motifs is 1. The first-order valence-electron chi connectivity index (χ1n) is 6.02. The predicted octanol–water partition coefficient (Wildman–Crippen LogP) is 1.59. The topological polar surface area (TPSA) is 100 Å². The maximum Gasteiger partial charge on any atom is 0.355 e. The second-order valence-corrected chi connectivity index (χ2v) is 5.32. The lowest BCUT2D eigenvalue weighted by molar-refractivity contribution is 0.0593. The van der Waals surface area contributed by atoms with E-state index in [1.54, 1.807) is 19.1 Å². The van der Waals surface area contributed by atoms with Crippen LogP contribution in [0.4, 0.5) is 0 Å². The molecule has 8 heteroatoms. The molecule has 0 saturated carbocycles. The molecule has 3 rings (SSSR count). The third-order valence-corrected chi connectivity index (χ3v) is 4.18. The van der Waals surface area contributed by atoms with Crippen molar-refractivity contribution in [2.24, 2.45) is 0 Å². The van der Waals surface area contributed by atoms with Gasteiger partial charge in [0.05, 0.1) is 11.6 Å². The van der Waals surface area contributed by atoms with Gasteiger partial charge in [0.1, 0.15) is 10.7 Å². The lowest BCUT2D eigenvalue weighted by atomic mass is 10.2. The zero-order valence-electron chi connectivity index (χ0n) is 10.8. The molecule has 1 aliphatic heterocycles. The van der Waals surface area contributed by atoms with Crippen molar-refractivity contribution >= 4 is 29.1 Å². The minimum atomic E-state index is -1.14. The molecule has 0 bridgehead atoms. The number of pyridine rings is 1. The van der Waals surface area contributed by atoms with E-state index in [9.17, 15) is 14.4 Å². The van der Waals surface area contributed by atoms with Crippen molar-refractivity contribution in [2.75, 3.05) is 0 Å². The molecule has 2 aromatic heterocycles. The lowest BCUT2D eigenvalue weighted by Gasteiger charge is -2.19. The number of nitrogens with zero attached hydrogens (tertiary/aromatic N) is 3. The van der Waals surface area contributed by atoms with Gasteiger partial charge in [-0.05, 0) is 19.1 Å². The summed E-state index contributed by atoms with van der Waals surface area (Å²) in [6, 6.07) is 2.49. The second-order valence-electron chi connectivity index (χ2n) is 4.43. The molecule has 7 nitrogen and oxygen atoms in total. The van der Waals surface area contributed by atoms with Crippen LogP contribution < -0.4 is 0 Å². The summed E-state index contributed by atoms with van der Waals surface area (Å²) < 4.78 is 0. The monoisotopic (exact) mass is 303 g/mol. The fourth-order valence-corrected chi connectivity index (χ4v) is 2.96. The summed E-state index contributed by atoms with van der Waals surface area (Å²) in [5.41, 5.74) is 0.269. The number of carboxylic acids is 1. The molecule has 3 heterocycles. The molecular weight excluding hydrogens is 294 g/mol. The average molecular weight is 303 g/mol. The lowest BCUT2D eigenvalue weighted by Crippen LogP contribution is -2.32. The molecule has 0 radical (unpaired) electrons. The number of imide groups is 1. The summed E-state index contributed by atoms with van der Waals surface area (Å²) in [5.74, 6) is -2.08. The van der Waals surface area contributed by atoms with Crippen LogP contribution in [0.25, 0.3) is 0 Å². The standard InChI is InChI=1S/C13H9N3O4S/c1-6(10-15-8(5-21-10)13(19)20)16-11(17)7-3-2-4-14-9(7)12(16)18/h2-6H,1H3,(H,19,20). The van der Waals surface area contributed by atoms with Gasteiger partial charge >= 0.3 is 5.97 Å². The van der Waals surface area contributed by atoms with Crippen LogP contribution >= 0.6 is 11.3 Å². The van der Waals surface area contributed by atoms with E-state index in [0.717, 1.165) is 16.2 Å². The number of aromatic carboxylic acids is 1. The highest BCUT2D eigenvalue weighted by Crippen LogP contribution is 2.31. The first-order valence-corrected chi connectivity index (χ1v) is 6.90. The van der Waals surface area contributed by atoms with Crippen molar-refractivity contribution in [1.29, 1.82) is 0 Å². The molecule has 106 valence electrons. The zero-order chi connectivity index (χ0) is 15.1. The van der Waals surface area contributed by atoms with Crippen molar-refractivity contribution in [1.82, 2.24) is 14.9 Å². The predicted molar refractivity (Wildman–Crippen MR) is 72.2 cm³/mol. The van der Waals surface area contributed by atoms with E-state index >= 15 is 0 Å². The Bertz CT molecular complexity index is 735. The first kappa shape index (κ1) is 13.4. The van der Waals surface area contributed by atoms with Crippen molar-refractivity contribution in [2.45, 2.75) is 13.0 Å². The van der Waals surface area contributed by atoms with Gasteiger partial charge in [-0.3, -0.25) is 19.5 Å². The highest BCUT2D eigenvalue weighted by molar-refractivity contribution is 7.09. The van der Waals surface area contributed by atoms with Crippen molar-refractivity contribution in [3.8, 4) is 0 Å². The maximum atomic E-state index is 12.3. The number of carbonyl (C=O) groups is 3. The summed E-state index contributed by atoms with van der Waals surface area (Å²) in [6.07, 6.45) is 1.45. The Labute approximate surface area is 122 Å². The van der Waals surface area contributed by atoms with Crippen LogP contribution in [-0.2, 0) is 0 Å². The van der Waals surface area contributed by atoms with Crippen LogP contribution in [0.3, 0.4) is 0 Å². The number of hydrogen-bond acceptors (Lipinski definition) is 6. The van der Waals surface area contributed by atoms with Gasteiger partial charge in [0.25, 0.3) is 11.8 Å². The Morgan fingerprint density at radius 2 is 2.14 bits per heavy atom. The molecule has 0 spiro atoms. The fourth-order valence-electron chi connectivity index (χ4n) is 2.12. The third-order valence-electron chi connectivity index (χ3n) is 3.16. The highest BCUT2D eigenvalue weighted by atomic mass is 32.1. The Morgan fingerprint density at radius 3 is 2.76 bits per heavy atom. The van der Waals surface area contributed by atoms with Gasteiger partial charge < -0.3 is 5.11 Å². The van der Waals surface area contributed by atoms with Crippen LogP contribution in [-0.4, -0.2) is 37.8 Å². The zero-order valence-corrected chi connectivity index (χ0v) is 11.6. The number of amides is 2. The number of thiazole rings is 1. The average Bonchev–Trinajstić information content (AvgIpc) is 3.05. The van der Waals surface area contributed by atoms with Crippen molar-refractivity contribution in [3.63, 3.8) is 0 Å². The Balaban J connectivity index is 1.96. The quantitative estimate of drug-likeness (QED) is 0.864. The SMILES string of the molecule is CC(c1nc(C(=O)O)cs1)N1C(=O)c2cccnc2C1=O. The van der Waals surface area contributed by atoms with Gasteiger partial charge in [-0.2, -0.15) is 0 Å². The van der Waals surface area contributed by atoms with Gasteiger partial charge in [0, 0.05) is 11.6 Å². The third kappa shape index (κ3) is 2.00. The summed E-state index contributed by atoms with van der Waals surface area (Å²) in [5, 5.41) is 10.6. The molecule has 0 aromatic carbocycles. The van der Waals surface area contributed by atoms with Gasteiger partial charge in [-0.25, -0.2) is 9.78 Å². The van der Waals surface area contributed by atoms with Crippen LogP contribution in [0.15, 0.2) is 23.7 Å². The van der Waals surface area contributed by atoms with E-state index in [0.29, 0.717) is 5.01 Å². The van der Waals surface area contributed by atoms with Crippen LogP contribution in [0.1, 0.15) is 49.3 Å². The van der Waals surface area contributed by atoms with Gasteiger partial charge in [-0.15, -0.1) is 11.3 Å². The number of rotatable bonds is 3. The number of hydrogen-bond donors (Lipinski definition) is 1. The second kappa shape index (κ2) is 4.74. The number of aromatic nitrogens is 2. The molecule has 0 aliphatic carbocycles. The molecule has 2 amide bonds. The van der Waals surface area contributed by atoms with Gasteiger partial charge in [0.15, 0.2) is 5.69 Å². The Kier molecular flexibility index (Phi) is 3.02. The van der Waals surface area contributed by atoms with E-state index < -0.39 is 23.8 Å². The Morgan fingerprint density at radius 1 is 1.38 bits per heavy atom. The molecule has 2 aromatic rings. The maximum absolute atomic E-state index is 12.3. The molecule has 1 aliphatic rings. The summed E-state index contributed by atoms with van der Waals surface area (Å²) in [4.78, 5) is 44.3. The fraction of sp³-hybridized carbons (Fsp3) is 0.154. The van der Waals surface area contributed by atoms with E-state index in [2.05, 4.69) is 9.97 Å². The highest BCUT2D eigenvalue weighted by Gasteiger charge is 2.40. The summed E-state index contributed by atoms with van der Waals surface area (Å²) >= 11 is 1.10. The molecule has 1 unspecified atom stereocenters. The molecule has 21 heavy (non-hydrogen) atoms. The molecule has 0 fully saturated rings. The molecule has 0 saturated heterocycles. The van der Waals surface area contributed by atoms with Crippen molar-refractivity contribution in [3.05, 3.63) is 45.7 Å². The normalized spacial score (nSPS) is 15.2. The van der Waals surface area contributed by atoms with E-state index in [1.807, 2.05) is 0 Å². The number of carbonyl (C=O) groups excluding carboxylic acids is 2. The van der Waals surface area contributed by atoms with Crippen LogP contribution in [0.2, 0.25) is 0 Å². The van der Waals surface area contributed by atoms with E-state index in [-0.39, 0.29) is 17.0 Å². The largest absolute Gasteiger partial charge is 0.476 e. The van der Waals surface area contributed by atoms with E-state index in [1.165, 1.54) is 11.6 Å². The van der Waals surface area contributed by atoms with Crippen LogP contribution in [0, 0.1) is 0 Å². The molecular formula is C13H9N3O4S. The Hall–Kier alpha value is -2.61. The summed E-state index contributed by atoms with van der Waals surface area (Å²) in [7, 11) is 0. The van der Waals surface area contributed by atoms with Gasteiger partial charge in [0.2, 0.25) is 0 Å². The molecule has 1 atom stereocenters. The minimum Gasteiger partial charge on any atom is -0.476 e. The minimum absolute atomic E-state index is 0.100. The molecule has 1 N–H and O–H groups in total. The van der Waals surface area contributed by atoms with Crippen molar-refractivity contribution < 1.29 is 19.5 Å². The van der Waals surface area contributed by atoms with Crippen LogP contribution in [0.5, 0.6) is 0 Å². The smallest absolute Gasteiger partial charge is 0.355 e.